The Hall–Kier alpha value is -1.49. The quantitative estimate of drug-likeness (QED) is 0.795. The molecule has 0 atom stereocenters. The van der Waals surface area contributed by atoms with Gasteiger partial charge in [0, 0.05) is 18.0 Å². The summed E-state index contributed by atoms with van der Waals surface area (Å²) < 4.78 is 0.739. The largest absolute Gasteiger partial charge is 0.478 e. The average Bonchev–Trinajstić information content (AvgIpc) is 2.81. The molecule has 0 saturated heterocycles. The standard InChI is InChI=1S/C15H13Cl2NO2S/c1-18(9-11-6-7-13(17)21-11)15-10(5-8-14(19)20)3-2-4-12(15)16/h2-8H,9H2,1H3,(H,19,20)/b8-5+. The number of halogens is 2. The molecule has 2 aromatic rings. The Morgan fingerprint density at radius 1 is 1.33 bits per heavy atom. The van der Waals surface area contributed by atoms with Gasteiger partial charge in [0.1, 0.15) is 0 Å². The number of anilines is 1. The van der Waals surface area contributed by atoms with Crippen LogP contribution in [0.2, 0.25) is 9.36 Å². The van der Waals surface area contributed by atoms with Gasteiger partial charge in [0.25, 0.3) is 0 Å². The van der Waals surface area contributed by atoms with Crippen molar-refractivity contribution in [2.45, 2.75) is 6.54 Å². The number of rotatable bonds is 5. The third-order valence-corrected chi connectivity index (χ3v) is 4.35. The first-order valence-electron chi connectivity index (χ1n) is 6.12. The van der Waals surface area contributed by atoms with Gasteiger partial charge in [-0.05, 0) is 29.8 Å². The van der Waals surface area contributed by atoms with Crippen LogP contribution in [-0.2, 0) is 11.3 Å². The zero-order valence-corrected chi connectivity index (χ0v) is 13.5. The Kier molecular flexibility index (Phi) is 5.28. The van der Waals surface area contributed by atoms with Gasteiger partial charge in [0.05, 0.1) is 21.6 Å². The van der Waals surface area contributed by atoms with Gasteiger partial charge >= 0.3 is 5.97 Å². The van der Waals surface area contributed by atoms with Crippen LogP contribution in [0.15, 0.2) is 36.4 Å². The van der Waals surface area contributed by atoms with E-state index in [0.717, 1.165) is 26.5 Å². The Balaban J connectivity index is 2.30. The summed E-state index contributed by atoms with van der Waals surface area (Å²) in [5.41, 5.74) is 1.55. The van der Waals surface area contributed by atoms with Crippen molar-refractivity contribution in [2.24, 2.45) is 0 Å². The third-order valence-electron chi connectivity index (χ3n) is 2.83. The predicted molar refractivity (Wildman–Crippen MR) is 89.6 cm³/mol. The van der Waals surface area contributed by atoms with Crippen molar-refractivity contribution in [3.63, 3.8) is 0 Å². The maximum atomic E-state index is 10.7. The first kappa shape index (κ1) is 15.9. The molecule has 0 radical (unpaired) electrons. The Morgan fingerprint density at radius 2 is 2.10 bits per heavy atom. The van der Waals surface area contributed by atoms with Crippen LogP contribution in [0.25, 0.3) is 6.08 Å². The highest BCUT2D eigenvalue weighted by Gasteiger charge is 2.12. The molecule has 110 valence electrons. The van der Waals surface area contributed by atoms with Crippen molar-refractivity contribution in [2.75, 3.05) is 11.9 Å². The maximum absolute atomic E-state index is 10.7. The minimum atomic E-state index is -0.992. The van der Waals surface area contributed by atoms with E-state index in [2.05, 4.69) is 0 Å². The van der Waals surface area contributed by atoms with Gasteiger partial charge in [-0.2, -0.15) is 0 Å². The number of aliphatic carboxylic acids is 1. The van der Waals surface area contributed by atoms with E-state index in [0.29, 0.717) is 11.6 Å². The van der Waals surface area contributed by atoms with Crippen molar-refractivity contribution in [1.29, 1.82) is 0 Å². The summed E-state index contributed by atoms with van der Waals surface area (Å²) in [6.45, 7) is 0.648. The van der Waals surface area contributed by atoms with Gasteiger partial charge in [-0.15, -0.1) is 11.3 Å². The molecular formula is C15H13Cl2NO2S. The van der Waals surface area contributed by atoms with Crippen LogP contribution in [0, 0.1) is 0 Å². The highest BCUT2D eigenvalue weighted by Crippen LogP contribution is 2.32. The molecule has 0 saturated carbocycles. The molecule has 0 fully saturated rings. The molecule has 0 amide bonds. The summed E-state index contributed by atoms with van der Waals surface area (Å²) in [6.07, 6.45) is 2.65. The van der Waals surface area contributed by atoms with E-state index in [1.807, 2.05) is 30.1 Å². The topological polar surface area (TPSA) is 40.5 Å². The molecule has 0 aliphatic carbocycles. The molecule has 6 heteroatoms. The maximum Gasteiger partial charge on any atom is 0.328 e. The number of para-hydroxylation sites is 1. The molecule has 0 bridgehead atoms. The summed E-state index contributed by atoms with van der Waals surface area (Å²) in [4.78, 5) is 13.8. The molecular weight excluding hydrogens is 329 g/mol. The highest BCUT2D eigenvalue weighted by atomic mass is 35.5. The fraction of sp³-hybridized carbons (Fsp3) is 0.133. The Morgan fingerprint density at radius 3 is 2.71 bits per heavy atom. The van der Waals surface area contributed by atoms with E-state index >= 15 is 0 Å². The van der Waals surface area contributed by atoms with E-state index in [1.54, 1.807) is 18.2 Å². The first-order chi connectivity index (χ1) is 9.97. The van der Waals surface area contributed by atoms with E-state index < -0.39 is 5.97 Å². The van der Waals surface area contributed by atoms with Crippen molar-refractivity contribution < 1.29 is 9.90 Å². The number of benzene rings is 1. The first-order valence-corrected chi connectivity index (χ1v) is 7.69. The second-order valence-corrected chi connectivity index (χ2v) is 6.62. The molecule has 2 rings (SSSR count). The van der Waals surface area contributed by atoms with Gasteiger partial charge in [0.15, 0.2) is 0 Å². The summed E-state index contributed by atoms with van der Waals surface area (Å²) in [7, 11) is 1.91. The number of carboxylic acid groups (broad SMARTS) is 1. The normalized spacial score (nSPS) is 11.0. The highest BCUT2D eigenvalue weighted by molar-refractivity contribution is 7.16. The van der Waals surface area contributed by atoms with Gasteiger partial charge < -0.3 is 10.0 Å². The molecule has 21 heavy (non-hydrogen) atoms. The van der Waals surface area contributed by atoms with E-state index in [4.69, 9.17) is 28.3 Å². The number of hydrogen-bond acceptors (Lipinski definition) is 3. The van der Waals surface area contributed by atoms with Crippen molar-refractivity contribution in [3.8, 4) is 0 Å². The minimum Gasteiger partial charge on any atom is -0.478 e. The van der Waals surface area contributed by atoms with Crippen LogP contribution in [0.1, 0.15) is 10.4 Å². The molecule has 1 aromatic carbocycles. The number of carbonyl (C=O) groups is 1. The van der Waals surface area contributed by atoms with Gasteiger partial charge in [-0.1, -0.05) is 35.3 Å². The molecule has 1 heterocycles. The summed E-state index contributed by atoms with van der Waals surface area (Å²) in [5, 5.41) is 9.34. The summed E-state index contributed by atoms with van der Waals surface area (Å²) in [5.74, 6) is -0.992. The zero-order valence-electron chi connectivity index (χ0n) is 11.2. The molecule has 0 spiro atoms. The van der Waals surface area contributed by atoms with Crippen LogP contribution < -0.4 is 4.90 Å². The number of nitrogens with zero attached hydrogens (tertiary/aromatic N) is 1. The lowest BCUT2D eigenvalue weighted by atomic mass is 10.1. The van der Waals surface area contributed by atoms with E-state index in [9.17, 15) is 4.79 Å². The SMILES string of the molecule is CN(Cc1ccc(Cl)s1)c1c(Cl)cccc1/C=C/C(=O)O. The second kappa shape index (κ2) is 6.98. The van der Waals surface area contributed by atoms with Crippen LogP contribution in [0.3, 0.4) is 0 Å². The van der Waals surface area contributed by atoms with Crippen molar-refractivity contribution in [3.05, 3.63) is 56.2 Å². The zero-order chi connectivity index (χ0) is 15.4. The summed E-state index contributed by atoms with van der Waals surface area (Å²) >= 11 is 13.7. The molecule has 0 unspecified atom stereocenters. The van der Waals surface area contributed by atoms with Gasteiger partial charge in [-0.25, -0.2) is 4.79 Å². The Bertz CT molecular complexity index is 682. The lowest BCUT2D eigenvalue weighted by Crippen LogP contribution is -2.17. The lowest BCUT2D eigenvalue weighted by molar-refractivity contribution is -0.131. The van der Waals surface area contributed by atoms with Gasteiger partial charge in [0.2, 0.25) is 0 Å². The van der Waals surface area contributed by atoms with Crippen LogP contribution in [-0.4, -0.2) is 18.1 Å². The second-order valence-electron chi connectivity index (χ2n) is 4.41. The Labute approximate surface area is 137 Å². The van der Waals surface area contributed by atoms with E-state index in [1.165, 1.54) is 11.3 Å². The van der Waals surface area contributed by atoms with Crippen LogP contribution in [0.4, 0.5) is 5.69 Å². The third kappa shape index (κ3) is 4.24. The smallest absolute Gasteiger partial charge is 0.328 e. The molecule has 1 aromatic heterocycles. The molecule has 1 N–H and O–H groups in total. The predicted octanol–water partition coefficient (Wildman–Crippen LogP) is 4.79. The minimum absolute atomic E-state index is 0.577. The number of thiophene rings is 1. The van der Waals surface area contributed by atoms with E-state index in [-0.39, 0.29) is 0 Å². The fourth-order valence-corrected chi connectivity index (χ4v) is 3.45. The fourth-order valence-electron chi connectivity index (χ4n) is 1.98. The summed E-state index contributed by atoms with van der Waals surface area (Å²) in [6, 6.07) is 9.23. The number of hydrogen-bond donors (Lipinski definition) is 1. The van der Waals surface area contributed by atoms with Gasteiger partial charge in [-0.3, -0.25) is 0 Å². The van der Waals surface area contributed by atoms with Crippen molar-refractivity contribution >= 4 is 52.3 Å². The van der Waals surface area contributed by atoms with Crippen molar-refractivity contribution in [1.82, 2.24) is 0 Å². The molecule has 3 nitrogen and oxygen atoms in total. The monoisotopic (exact) mass is 341 g/mol. The van der Waals surface area contributed by atoms with Crippen LogP contribution >= 0.6 is 34.5 Å². The molecule has 0 aliphatic rings. The molecule has 0 aliphatic heterocycles. The number of carboxylic acids is 1. The lowest BCUT2D eigenvalue weighted by Gasteiger charge is -2.22. The van der Waals surface area contributed by atoms with Crippen LogP contribution in [0.5, 0.6) is 0 Å². The average molecular weight is 342 g/mol.